The number of carbonyl (C=O) groups is 1. The lowest BCUT2D eigenvalue weighted by molar-refractivity contribution is 0.0853. The molecule has 1 aromatic heterocycles. The first-order valence-electron chi connectivity index (χ1n) is 6.11. The minimum Gasteiger partial charge on any atom is -0.497 e. The van der Waals surface area contributed by atoms with E-state index in [1.807, 2.05) is 12.1 Å². The first kappa shape index (κ1) is 12.2. The minimum atomic E-state index is -0.160. The summed E-state index contributed by atoms with van der Waals surface area (Å²) in [5, 5.41) is 0. The number of hydrogen-bond acceptors (Lipinski definition) is 4. The number of methoxy groups -OCH3 is 1. The number of rotatable bonds is 2. The normalized spacial score (nSPS) is 17.8. The lowest BCUT2D eigenvalue weighted by atomic mass is 9.99. The fraction of sp³-hybridized carbons (Fsp3) is 0.267. The first-order valence-corrected chi connectivity index (χ1v) is 6.93. The summed E-state index contributed by atoms with van der Waals surface area (Å²) in [6.45, 7) is 2.05. The summed E-state index contributed by atoms with van der Waals surface area (Å²) in [4.78, 5) is 14.5. The topological polar surface area (TPSA) is 35.5 Å². The molecule has 1 atom stereocenters. The van der Waals surface area contributed by atoms with Gasteiger partial charge in [0.2, 0.25) is 0 Å². The van der Waals surface area contributed by atoms with Crippen molar-refractivity contribution in [3.63, 3.8) is 0 Å². The van der Waals surface area contributed by atoms with Crippen molar-refractivity contribution in [2.24, 2.45) is 0 Å². The van der Waals surface area contributed by atoms with E-state index in [1.165, 1.54) is 4.88 Å². The predicted molar refractivity (Wildman–Crippen MR) is 74.4 cm³/mol. The number of fused-ring (bicyclic) bond motifs is 1. The standard InChI is InChI=1S/C15H14O3S/c1-9-3-6-15(19-9)14-8-12(16)11-7-10(17-2)4-5-13(11)18-14/h3-7,14H,8H2,1-2H3. The van der Waals surface area contributed by atoms with E-state index in [0.29, 0.717) is 23.5 Å². The molecule has 0 spiro atoms. The van der Waals surface area contributed by atoms with Crippen molar-refractivity contribution >= 4 is 17.1 Å². The number of benzene rings is 1. The largest absolute Gasteiger partial charge is 0.497 e. The molecule has 2 heterocycles. The Bertz CT molecular complexity index is 630. The van der Waals surface area contributed by atoms with Gasteiger partial charge in [-0.2, -0.15) is 0 Å². The van der Waals surface area contributed by atoms with Gasteiger partial charge in [0.05, 0.1) is 19.1 Å². The van der Waals surface area contributed by atoms with Crippen molar-refractivity contribution in [1.82, 2.24) is 0 Å². The van der Waals surface area contributed by atoms with Crippen molar-refractivity contribution < 1.29 is 14.3 Å². The maximum Gasteiger partial charge on any atom is 0.170 e. The van der Waals surface area contributed by atoms with E-state index in [2.05, 4.69) is 13.0 Å². The quantitative estimate of drug-likeness (QED) is 0.836. The van der Waals surface area contributed by atoms with Crippen LogP contribution in [0.1, 0.15) is 32.6 Å². The molecule has 19 heavy (non-hydrogen) atoms. The molecule has 3 nitrogen and oxygen atoms in total. The Morgan fingerprint density at radius 2 is 2.16 bits per heavy atom. The van der Waals surface area contributed by atoms with Gasteiger partial charge in [-0.15, -0.1) is 11.3 Å². The van der Waals surface area contributed by atoms with Crippen LogP contribution in [0, 0.1) is 6.92 Å². The Hall–Kier alpha value is -1.81. The van der Waals surface area contributed by atoms with Gasteiger partial charge in [-0.1, -0.05) is 0 Å². The van der Waals surface area contributed by atoms with E-state index in [4.69, 9.17) is 9.47 Å². The summed E-state index contributed by atoms with van der Waals surface area (Å²) < 4.78 is 11.1. The second-order valence-corrected chi connectivity index (χ2v) is 5.86. The van der Waals surface area contributed by atoms with Crippen molar-refractivity contribution in [2.45, 2.75) is 19.4 Å². The van der Waals surface area contributed by atoms with Gasteiger partial charge in [-0.3, -0.25) is 4.79 Å². The minimum absolute atomic E-state index is 0.108. The Kier molecular flexibility index (Phi) is 3.03. The van der Waals surface area contributed by atoms with Gasteiger partial charge >= 0.3 is 0 Å². The number of Topliss-reactive ketones (excluding diaryl/α,β-unsaturated/α-hetero) is 1. The highest BCUT2D eigenvalue weighted by molar-refractivity contribution is 7.12. The van der Waals surface area contributed by atoms with Crippen molar-refractivity contribution in [1.29, 1.82) is 0 Å². The van der Waals surface area contributed by atoms with Crippen molar-refractivity contribution in [3.8, 4) is 11.5 Å². The second-order valence-electron chi connectivity index (χ2n) is 4.54. The first-order chi connectivity index (χ1) is 9.17. The lowest BCUT2D eigenvalue weighted by Gasteiger charge is -2.24. The zero-order valence-electron chi connectivity index (χ0n) is 10.8. The van der Waals surface area contributed by atoms with Gasteiger partial charge in [-0.25, -0.2) is 0 Å². The fourth-order valence-electron chi connectivity index (χ4n) is 2.22. The third-order valence-corrected chi connectivity index (χ3v) is 4.30. The summed E-state index contributed by atoms with van der Waals surface area (Å²) in [6, 6.07) is 9.45. The zero-order chi connectivity index (χ0) is 13.4. The van der Waals surface area contributed by atoms with E-state index in [1.54, 1.807) is 30.6 Å². The molecule has 1 unspecified atom stereocenters. The monoisotopic (exact) mass is 274 g/mol. The van der Waals surface area contributed by atoms with E-state index in [0.717, 1.165) is 4.88 Å². The molecule has 0 saturated carbocycles. The molecule has 0 saturated heterocycles. The maximum absolute atomic E-state index is 12.2. The lowest BCUT2D eigenvalue weighted by Crippen LogP contribution is -2.19. The highest BCUT2D eigenvalue weighted by Crippen LogP contribution is 2.38. The third kappa shape index (κ3) is 2.24. The summed E-state index contributed by atoms with van der Waals surface area (Å²) >= 11 is 1.68. The Morgan fingerprint density at radius 3 is 2.84 bits per heavy atom. The number of hydrogen-bond donors (Lipinski definition) is 0. The number of carbonyl (C=O) groups excluding carboxylic acids is 1. The molecule has 0 amide bonds. The van der Waals surface area contributed by atoms with E-state index >= 15 is 0 Å². The molecule has 0 bridgehead atoms. The molecular weight excluding hydrogens is 260 g/mol. The van der Waals surface area contributed by atoms with Crippen LogP contribution in [0.3, 0.4) is 0 Å². The van der Waals surface area contributed by atoms with E-state index < -0.39 is 0 Å². The summed E-state index contributed by atoms with van der Waals surface area (Å²) in [5.74, 6) is 1.44. The van der Waals surface area contributed by atoms with Crippen LogP contribution in [0.4, 0.5) is 0 Å². The molecule has 4 heteroatoms. The molecule has 3 rings (SSSR count). The number of ether oxygens (including phenoxy) is 2. The maximum atomic E-state index is 12.2. The van der Waals surface area contributed by atoms with Crippen molar-refractivity contribution in [2.75, 3.05) is 7.11 Å². The van der Waals surface area contributed by atoms with Gasteiger partial charge in [0, 0.05) is 9.75 Å². The zero-order valence-corrected chi connectivity index (χ0v) is 11.6. The fourth-order valence-corrected chi connectivity index (χ4v) is 3.12. The molecule has 0 radical (unpaired) electrons. The van der Waals surface area contributed by atoms with Crippen LogP contribution in [0.15, 0.2) is 30.3 Å². The third-order valence-electron chi connectivity index (χ3n) is 3.21. The highest BCUT2D eigenvalue weighted by Gasteiger charge is 2.28. The van der Waals surface area contributed by atoms with Crippen molar-refractivity contribution in [3.05, 3.63) is 45.6 Å². The number of aryl methyl sites for hydroxylation is 1. The molecule has 1 aromatic carbocycles. The van der Waals surface area contributed by atoms with Gasteiger partial charge < -0.3 is 9.47 Å². The van der Waals surface area contributed by atoms with Crippen LogP contribution in [-0.2, 0) is 0 Å². The smallest absolute Gasteiger partial charge is 0.170 e. The van der Waals surface area contributed by atoms with Gasteiger partial charge in [0.15, 0.2) is 5.78 Å². The number of thiophene rings is 1. The molecule has 1 aliphatic rings. The second kappa shape index (κ2) is 4.70. The van der Waals surface area contributed by atoms with Crippen LogP contribution in [0.2, 0.25) is 0 Å². The van der Waals surface area contributed by atoms with Gasteiger partial charge in [0.25, 0.3) is 0 Å². The summed E-state index contributed by atoms with van der Waals surface area (Å²) in [5.41, 5.74) is 0.615. The highest BCUT2D eigenvalue weighted by atomic mass is 32.1. The van der Waals surface area contributed by atoms with Crippen LogP contribution in [0.5, 0.6) is 11.5 Å². The molecular formula is C15H14O3S. The van der Waals surface area contributed by atoms with Gasteiger partial charge in [-0.05, 0) is 37.3 Å². The average Bonchev–Trinajstić information content (AvgIpc) is 2.85. The molecule has 0 N–H and O–H groups in total. The summed E-state index contributed by atoms with van der Waals surface area (Å²) in [6.07, 6.45) is 0.229. The van der Waals surface area contributed by atoms with Crippen LogP contribution >= 0.6 is 11.3 Å². The van der Waals surface area contributed by atoms with Crippen LogP contribution < -0.4 is 9.47 Å². The molecule has 0 aliphatic carbocycles. The Morgan fingerprint density at radius 1 is 1.32 bits per heavy atom. The number of ketones is 1. The van der Waals surface area contributed by atoms with Crippen LogP contribution in [-0.4, -0.2) is 12.9 Å². The van der Waals surface area contributed by atoms with Crippen LogP contribution in [0.25, 0.3) is 0 Å². The predicted octanol–water partition coefficient (Wildman–Crippen LogP) is 3.77. The van der Waals surface area contributed by atoms with E-state index in [-0.39, 0.29) is 11.9 Å². The average molecular weight is 274 g/mol. The van der Waals surface area contributed by atoms with Gasteiger partial charge in [0.1, 0.15) is 17.6 Å². The Balaban J connectivity index is 1.94. The molecule has 1 aliphatic heterocycles. The SMILES string of the molecule is COc1ccc2c(c1)C(=O)CC(c1ccc(C)s1)O2. The van der Waals surface area contributed by atoms with E-state index in [9.17, 15) is 4.79 Å². The molecule has 0 fully saturated rings. The molecule has 2 aromatic rings. The Labute approximate surface area is 115 Å². The summed E-state index contributed by atoms with van der Waals surface area (Å²) in [7, 11) is 1.59. The molecule has 98 valence electrons.